The molecule has 0 unspecified atom stereocenters. The fourth-order valence-corrected chi connectivity index (χ4v) is 2.28. The van der Waals surface area contributed by atoms with Gasteiger partial charge >= 0.3 is 0 Å². The molecule has 0 saturated carbocycles. The summed E-state index contributed by atoms with van der Waals surface area (Å²) in [7, 11) is 0. The second kappa shape index (κ2) is 6.70. The van der Waals surface area contributed by atoms with E-state index < -0.39 is 0 Å². The van der Waals surface area contributed by atoms with Gasteiger partial charge in [-0.3, -0.25) is 4.79 Å². The predicted molar refractivity (Wildman–Crippen MR) is 87.5 cm³/mol. The zero-order chi connectivity index (χ0) is 13.7. The molecule has 2 aromatic carbocycles. The maximum Gasteiger partial charge on any atom is 0.255 e. The first-order valence-corrected chi connectivity index (χ1v) is 7.43. The summed E-state index contributed by atoms with van der Waals surface area (Å²) in [4.78, 5) is 12.2. The Kier molecular flexibility index (Phi) is 4.96. The van der Waals surface area contributed by atoms with Gasteiger partial charge in [0, 0.05) is 14.8 Å². The van der Waals surface area contributed by atoms with Crippen LogP contribution in [0.2, 0.25) is 0 Å². The standard InChI is InChI=1S/C16H16INO/c1-2-5-12-6-3-4-7-15(12)18-16(19)13-8-10-14(17)11-9-13/h3-4,6-11H,2,5H2,1H3,(H,18,19). The van der Waals surface area contributed by atoms with Crippen LogP contribution < -0.4 is 5.32 Å². The van der Waals surface area contributed by atoms with E-state index in [2.05, 4.69) is 40.9 Å². The normalized spacial score (nSPS) is 10.2. The quantitative estimate of drug-likeness (QED) is 0.795. The van der Waals surface area contributed by atoms with Gasteiger partial charge in [0.2, 0.25) is 0 Å². The van der Waals surface area contributed by atoms with E-state index in [0.29, 0.717) is 5.56 Å². The van der Waals surface area contributed by atoms with Crippen LogP contribution in [0.25, 0.3) is 0 Å². The molecule has 0 aliphatic rings. The fraction of sp³-hybridized carbons (Fsp3) is 0.188. The van der Waals surface area contributed by atoms with Gasteiger partial charge in [-0.2, -0.15) is 0 Å². The van der Waals surface area contributed by atoms with Crippen molar-refractivity contribution in [1.29, 1.82) is 0 Å². The Bertz CT molecular complexity index is 563. The highest BCUT2D eigenvalue weighted by molar-refractivity contribution is 14.1. The smallest absolute Gasteiger partial charge is 0.255 e. The van der Waals surface area contributed by atoms with Gasteiger partial charge in [-0.05, 0) is 64.9 Å². The van der Waals surface area contributed by atoms with Gasteiger partial charge in [-0.1, -0.05) is 31.5 Å². The van der Waals surface area contributed by atoms with Crippen molar-refractivity contribution in [2.75, 3.05) is 5.32 Å². The van der Waals surface area contributed by atoms with E-state index in [1.807, 2.05) is 42.5 Å². The largest absolute Gasteiger partial charge is 0.322 e. The summed E-state index contributed by atoms with van der Waals surface area (Å²) in [5, 5.41) is 2.99. The third-order valence-electron chi connectivity index (χ3n) is 2.89. The van der Waals surface area contributed by atoms with Crippen molar-refractivity contribution in [1.82, 2.24) is 0 Å². The van der Waals surface area contributed by atoms with Crippen LogP contribution in [0.1, 0.15) is 29.3 Å². The number of para-hydroxylation sites is 1. The van der Waals surface area contributed by atoms with Gasteiger partial charge in [0.1, 0.15) is 0 Å². The highest BCUT2D eigenvalue weighted by Crippen LogP contribution is 2.18. The van der Waals surface area contributed by atoms with Crippen molar-refractivity contribution in [3.8, 4) is 0 Å². The highest BCUT2D eigenvalue weighted by atomic mass is 127. The molecule has 0 aliphatic carbocycles. The van der Waals surface area contributed by atoms with Crippen LogP contribution in [-0.2, 0) is 6.42 Å². The molecule has 0 spiro atoms. The van der Waals surface area contributed by atoms with Gasteiger partial charge in [-0.25, -0.2) is 0 Å². The Morgan fingerprint density at radius 2 is 1.79 bits per heavy atom. The first-order valence-electron chi connectivity index (χ1n) is 6.35. The van der Waals surface area contributed by atoms with E-state index in [1.165, 1.54) is 5.56 Å². The summed E-state index contributed by atoms with van der Waals surface area (Å²) in [5.41, 5.74) is 2.78. The molecule has 1 amide bonds. The van der Waals surface area contributed by atoms with Crippen LogP contribution in [0.3, 0.4) is 0 Å². The Morgan fingerprint density at radius 1 is 1.11 bits per heavy atom. The number of rotatable bonds is 4. The molecule has 0 radical (unpaired) electrons. The van der Waals surface area contributed by atoms with Crippen LogP contribution in [-0.4, -0.2) is 5.91 Å². The van der Waals surface area contributed by atoms with E-state index in [1.54, 1.807) is 0 Å². The number of benzene rings is 2. The molecule has 2 rings (SSSR count). The monoisotopic (exact) mass is 365 g/mol. The minimum absolute atomic E-state index is 0.0556. The van der Waals surface area contributed by atoms with Gasteiger partial charge in [0.15, 0.2) is 0 Å². The van der Waals surface area contributed by atoms with Crippen molar-refractivity contribution in [3.63, 3.8) is 0 Å². The molecule has 0 atom stereocenters. The summed E-state index contributed by atoms with van der Waals surface area (Å²) >= 11 is 2.23. The molecule has 2 nitrogen and oxygen atoms in total. The lowest BCUT2D eigenvalue weighted by Crippen LogP contribution is -2.13. The van der Waals surface area contributed by atoms with Crippen molar-refractivity contribution in [2.45, 2.75) is 19.8 Å². The minimum atomic E-state index is -0.0556. The van der Waals surface area contributed by atoms with Crippen molar-refractivity contribution < 1.29 is 4.79 Å². The van der Waals surface area contributed by atoms with E-state index >= 15 is 0 Å². The number of aryl methyl sites for hydroxylation is 1. The number of anilines is 1. The van der Waals surface area contributed by atoms with Crippen LogP contribution in [0.5, 0.6) is 0 Å². The molecule has 19 heavy (non-hydrogen) atoms. The molecule has 3 heteroatoms. The number of halogens is 1. The van der Waals surface area contributed by atoms with Crippen LogP contribution in [0.15, 0.2) is 48.5 Å². The van der Waals surface area contributed by atoms with Crippen molar-refractivity contribution in [3.05, 3.63) is 63.2 Å². The lowest BCUT2D eigenvalue weighted by atomic mass is 10.1. The summed E-state index contributed by atoms with van der Waals surface area (Å²) in [5.74, 6) is -0.0556. The number of amides is 1. The summed E-state index contributed by atoms with van der Waals surface area (Å²) < 4.78 is 1.13. The van der Waals surface area contributed by atoms with Crippen molar-refractivity contribution in [2.24, 2.45) is 0 Å². The third kappa shape index (κ3) is 3.80. The summed E-state index contributed by atoms with van der Waals surface area (Å²) in [6.07, 6.45) is 2.04. The first-order chi connectivity index (χ1) is 9.20. The Hall–Kier alpha value is -1.36. The molecule has 98 valence electrons. The van der Waals surface area contributed by atoms with Gasteiger partial charge in [0.05, 0.1) is 0 Å². The highest BCUT2D eigenvalue weighted by Gasteiger charge is 2.08. The molecule has 0 aromatic heterocycles. The molecule has 1 N–H and O–H groups in total. The zero-order valence-electron chi connectivity index (χ0n) is 10.8. The first kappa shape index (κ1) is 14.1. The molecular formula is C16H16INO. The average Bonchev–Trinajstić information content (AvgIpc) is 2.42. The molecular weight excluding hydrogens is 349 g/mol. The molecule has 0 fully saturated rings. The molecule has 0 bridgehead atoms. The summed E-state index contributed by atoms with van der Waals surface area (Å²) in [6, 6.07) is 15.5. The topological polar surface area (TPSA) is 29.1 Å². The van der Waals surface area contributed by atoms with Gasteiger partial charge < -0.3 is 5.32 Å². The number of nitrogens with one attached hydrogen (secondary N) is 1. The number of hydrogen-bond donors (Lipinski definition) is 1. The fourth-order valence-electron chi connectivity index (χ4n) is 1.93. The lowest BCUT2D eigenvalue weighted by molar-refractivity contribution is 0.102. The maximum atomic E-state index is 12.2. The Labute approximate surface area is 127 Å². The zero-order valence-corrected chi connectivity index (χ0v) is 13.0. The number of hydrogen-bond acceptors (Lipinski definition) is 1. The molecule has 0 saturated heterocycles. The van der Waals surface area contributed by atoms with Crippen molar-refractivity contribution >= 4 is 34.2 Å². The third-order valence-corrected chi connectivity index (χ3v) is 3.61. The molecule has 2 aromatic rings. The lowest BCUT2D eigenvalue weighted by Gasteiger charge is -2.10. The summed E-state index contributed by atoms with van der Waals surface area (Å²) in [6.45, 7) is 2.14. The maximum absolute atomic E-state index is 12.2. The second-order valence-corrected chi connectivity index (χ2v) is 5.61. The van der Waals surface area contributed by atoms with E-state index in [9.17, 15) is 4.79 Å². The van der Waals surface area contributed by atoms with Gasteiger partial charge in [-0.15, -0.1) is 0 Å². The van der Waals surface area contributed by atoms with Crippen LogP contribution in [0.4, 0.5) is 5.69 Å². The Morgan fingerprint density at radius 3 is 2.47 bits per heavy atom. The van der Waals surface area contributed by atoms with E-state index in [-0.39, 0.29) is 5.91 Å². The molecule has 0 aliphatic heterocycles. The average molecular weight is 365 g/mol. The SMILES string of the molecule is CCCc1ccccc1NC(=O)c1ccc(I)cc1. The van der Waals surface area contributed by atoms with Crippen LogP contribution >= 0.6 is 22.6 Å². The number of carbonyl (C=O) groups is 1. The number of carbonyl (C=O) groups excluding carboxylic acids is 1. The second-order valence-electron chi connectivity index (χ2n) is 4.37. The van der Waals surface area contributed by atoms with E-state index in [4.69, 9.17) is 0 Å². The van der Waals surface area contributed by atoms with Crippen LogP contribution in [0, 0.1) is 3.57 Å². The van der Waals surface area contributed by atoms with Gasteiger partial charge in [0.25, 0.3) is 5.91 Å². The van der Waals surface area contributed by atoms with E-state index in [0.717, 1.165) is 22.1 Å². The predicted octanol–water partition coefficient (Wildman–Crippen LogP) is 4.50. The molecule has 0 heterocycles. The Balaban J connectivity index is 2.16. The minimum Gasteiger partial charge on any atom is -0.322 e.